The molecule has 4 rings (SSSR count). The van der Waals surface area contributed by atoms with Gasteiger partial charge >= 0.3 is 0 Å². The molecule has 2 aromatic carbocycles. The monoisotopic (exact) mass is 380 g/mol. The molecule has 0 amide bonds. The van der Waals surface area contributed by atoms with Gasteiger partial charge in [-0.15, -0.1) is 0 Å². The van der Waals surface area contributed by atoms with E-state index >= 15 is 0 Å². The molecule has 29 heavy (non-hydrogen) atoms. The summed E-state index contributed by atoms with van der Waals surface area (Å²) in [5.41, 5.74) is 7.21. The van der Waals surface area contributed by atoms with Gasteiger partial charge in [0.2, 0.25) is 0 Å². The van der Waals surface area contributed by atoms with Crippen molar-refractivity contribution >= 4 is 17.1 Å². The Bertz CT molecular complexity index is 1080. The minimum atomic E-state index is -0.0457. The number of anilines is 1. The van der Waals surface area contributed by atoms with E-state index in [9.17, 15) is 0 Å². The predicted molar refractivity (Wildman–Crippen MR) is 125 cm³/mol. The standard InChI is InChI=1S/C27H28N2/c1-26(2)20-14-10-12-16-22(20)28-24(26)18-8-6-5-7-9-19-25-27(3,4)21-15-11-13-17-23(21)29-25/h5-19,28H,1-4H3/b7-5+,8-6+,19-9+,24-18-. The third kappa shape index (κ3) is 3.51. The van der Waals surface area contributed by atoms with Gasteiger partial charge in [0, 0.05) is 22.2 Å². The number of hydrogen-bond acceptors (Lipinski definition) is 2. The van der Waals surface area contributed by atoms with Gasteiger partial charge in [0.15, 0.2) is 0 Å². The first kappa shape index (κ1) is 19.2. The van der Waals surface area contributed by atoms with Crippen LogP contribution in [-0.2, 0) is 10.8 Å². The molecule has 0 unspecified atom stereocenters. The molecule has 146 valence electrons. The molecule has 0 fully saturated rings. The molecule has 2 nitrogen and oxygen atoms in total. The molecule has 1 N–H and O–H groups in total. The molecule has 0 bridgehead atoms. The van der Waals surface area contributed by atoms with Crippen molar-refractivity contribution < 1.29 is 0 Å². The summed E-state index contributed by atoms with van der Waals surface area (Å²) < 4.78 is 0. The van der Waals surface area contributed by atoms with E-state index in [0.717, 1.165) is 11.4 Å². The van der Waals surface area contributed by atoms with E-state index in [2.05, 4.69) is 118 Å². The number of nitrogens with one attached hydrogen (secondary N) is 1. The van der Waals surface area contributed by atoms with Crippen molar-refractivity contribution in [2.45, 2.75) is 38.5 Å². The zero-order chi connectivity index (χ0) is 20.5. The Labute approximate surface area is 174 Å². The molecule has 0 aromatic heterocycles. The summed E-state index contributed by atoms with van der Waals surface area (Å²) in [5, 5.41) is 3.54. The minimum absolute atomic E-state index is 0.00571. The van der Waals surface area contributed by atoms with Gasteiger partial charge in [-0.05, 0) is 35.4 Å². The predicted octanol–water partition coefficient (Wildman–Crippen LogP) is 7.01. The smallest absolute Gasteiger partial charge is 0.0674 e. The fourth-order valence-corrected chi connectivity index (χ4v) is 4.08. The summed E-state index contributed by atoms with van der Waals surface area (Å²) in [6.45, 7) is 8.97. The summed E-state index contributed by atoms with van der Waals surface area (Å²) in [6.07, 6.45) is 14.6. The van der Waals surface area contributed by atoms with Crippen LogP contribution in [0.5, 0.6) is 0 Å². The number of hydrogen-bond donors (Lipinski definition) is 1. The minimum Gasteiger partial charge on any atom is -0.358 e. The summed E-state index contributed by atoms with van der Waals surface area (Å²) >= 11 is 0. The number of rotatable bonds is 4. The number of benzene rings is 2. The molecule has 2 heteroatoms. The second-order valence-corrected chi connectivity index (χ2v) is 8.64. The van der Waals surface area contributed by atoms with E-state index in [1.165, 1.54) is 22.5 Å². The maximum absolute atomic E-state index is 4.79. The van der Waals surface area contributed by atoms with Gasteiger partial charge in [-0.2, -0.15) is 0 Å². The first-order valence-electron chi connectivity index (χ1n) is 10.2. The zero-order valence-electron chi connectivity index (χ0n) is 17.6. The third-order valence-electron chi connectivity index (χ3n) is 5.96. The van der Waals surface area contributed by atoms with Crippen LogP contribution in [0.25, 0.3) is 0 Å². The van der Waals surface area contributed by atoms with Crippen LogP contribution in [0.2, 0.25) is 0 Å². The van der Waals surface area contributed by atoms with E-state index in [1.54, 1.807) is 0 Å². The lowest BCUT2D eigenvalue weighted by molar-refractivity contribution is 0.654. The number of allylic oxidation sites excluding steroid dienone is 8. The van der Waals surface area contributed by atoms with Crippen LogP contribution in [0.3, 0.4) is 0 Å². The van der Waals surface area contributed by atoms with Crippen LogP contribution in [0.1, 0.15) is 38.8 Å². The molecule has 2 heterocycles. The highest BCUT2D eigenvalue weighted by atomic mass is 14.9. The molecule has 0 spiro atoms. The second-order valence-electron chi connectivity index (χ2n) is 8.64. The van der Waals surface area contributed by atoms with Crippen molar-refractivity contribution in [1.82, 2.24) is 0 Å². The van der Waals surface area contributed by atoms with Crippen LogP contribution in [0, 0.1) is 0 Å². The van der Waals surface area contributed by atoms with Crippen LogP contribution in [0.4, 0.5) is 11.4 Å². The van der Waals surface area contributed by atoms with Gasteiger partial charge in [0.25, 0.3) is 0 Å². The van der Waals surface area contributed by atoms with E-state index < -0.39 is 0 Å². The van der Waals surface area contributed by atoms with Gasteiger partial charge in [0.1, 0.15) is 0 Å². The zero-order valence-corrected chi connectivity index (χ0v) is 17.6. The average Bonchev–Trinajstić information content (AvgIpc) is 3.11. The largest absolute Gasteiger partial charge is 0.358 e. The van der Waals surface area contributed by atoms with Gasteiger partial charge in [-0.1, -0.05) is 94.5 Å². The molecule has 0 saturated carbocycles. The molecule has 2 aliphatic rings. The summed E-state index contributed by atoms with van der Waals surface area (Å²) in [7, 11) is 0. The molecule has 0 saturated heterocycles. The molecule has 0 aliphatic carbocycles. The van der Waals surface area contributed by atoms with Crippen LogP contribution >= 0.6 is 0 Å². The van der Waals surface area contributed by atoms with E-state index in [0.29, 0.717) is 0 Å². The Kier molecular flexibility index (Phi) is 4.87. The first-order chi connectivity index (χ1) is 13.9. The quantitative estimate of drug-likeness (QED) is 0.567. The average molecular weight is 381 g/mol. The van der Waals surface area contributed by atoms with Crippen LogP contribution in [0.15, 0.2) is 102 Å². The Morgan fingerprint density at radius 1 is 0.724 bits per heavy atom. The second kappa shape index (κ2) is 7.36. The van der Waals surface area contributed by atoms with Crippen molar-refractivity contribution in [3.63, 3.8) is 0 Å². The maximum atomic E-state index is 4.79. The Hall–Kier alpha value is -3.13. The van der Waals surface area contributed by atoms with Crippen molar-refractivity contribution in [3.8, 4) is 0 Å². The maximum Gasteiger partial charge on any atom is 0.0674 e. The SMILES string of the molecule is CC1(C)C(/C=C/C=C/C=C/C=C2\Nc3ccccc3C2(C)C)=Nc2ccccc21. The Morgan fingerprint density at radius 3 is 2.14 bits per heavy atom. The van der Waals surface area contributed by atoms with Crippen LogP contribution in [-0.4, -0.2) is 5.71 Å². The lowest BCUT2D eigenvalue weighted by Crippen LogP contribution is -2.23. The van der Waals surface area contributed by atoms with Crippen molar-refractivity contribution in [1.29, 1.82) is 0 Å². The number of nitrogens with zero attached hydrogens (tertiary/aromatic N) is 1. The van der Waals surface area contributed by atoms with Crippen molar-refractivity contribution in [3.05, 3.63) is 108 Å². The highest BCUT2D eigenvalue weighted by Crippen LogP contribution is 2.43. The lowest BCUT2D eigenvalue weighted by Gasteiger charge is -2.19. The topological polar surface area (TPSA) is 24.4 Å². The normalized spacial score (nSPS) is 20.4. The number of para-hydroxylation sites is 2. The Balaban J connectivity index is 1.40. The highest BCUT2D eigenvalue weighted by molar-refractivity contribution is 6.08. The van der Waals surface area contributed by atoms with E-state index in [-0.39, 0.29) is 10.8 Å². The van der Waals surface area contributed by atoms with Crippen molar-refractivity contribution in [2.24, 2.45) is 4.99 Å². The van der Waals surface area contributed by atoms with Gasteiger partial charge in [-0.3, -0.25) is 4.99 Å². The van der Waals surface area contributed by atoms with E-state index in [1.807, 2.05) is 6.07 Å². The molecule has 0 radical (unpaired) electrons. The van der Waals surface area contributed by atoms with E-state index in [4.69, 9.17) is 4.99 Å². The molecular weight excluding hydrogens is 352 g/mol. The van der Waals surface area contributed by atoms with Gasteiger partial charge in [-0.25, -0.2) is 0 Å². The fourth-order valence-electron chi connectivity index (χ4n) is 4.08. The molecule has 0 atom stereocenters. The molecule has 2 aliphatic heterocycles. The third-order valence-corrected chi connectivity index (χ3v) is 5.96. The fraction of sp³-hybridized carbons (Fsp3) is 0.222. The van der Waals surface area contributed by atoms with Gasteiger partial charge < -0.3 is 5.32 Å². The number of aliphatic imine (C=N–C) groups is 1. The van der Waals surface area contributed by atoms with Crippen LogP contribution < -0.4 is 5.32 Å². The summed E-state index contributed by atoms with van der Waals surface area (Å²) in [5.74, 6) is 0. The highest BCUT2D eigenvalue weighted by Gasteiger charge is 2.34. The molecular formula is C27H28N2. The lowest BCUT2D eigenvalue weighted by atomic mass is 9.81. The van der Waals surface area contributed by atoms with Crippen molar-refractivity contribution in [2.75, 3.05) is 5.32 Å². The Morgan fingerprint density at radius 2 is 1.38 bits per heavy atom. The number of fused-ring (bicyclic) bond motifs is 2. The molecule has 2 aromatic rings. The summed E-state index contributed by atoms with van der Waals surface area (Å²) in [4.78, 5) is 4.79. The van der Waals surface area contributed by atoms with Gasteiger partial charge in [0.05, 0.1) is 11.4 Å². The first-order valence-corrected chi connectivity index (χ1v) is 10.2. The summed E-state index contributed by atoms with van der Waals surface area (Å²) in [6, 6.07) is 16.9.